The summed E-state index contributed by atoms with van der Waals surface area (Å²) in [7, 11) is -0.868. The van der Waals surface area contributed by atoms with Crippen LogP contribution in [0.2, 0.25) is 0 Å². The second-order valence-electron chi connectivity index (χ2n) is 8.02. The molecule has 1 aliphatic rings. The zero-order chi connectivity index (χ0) is 19.9. The number of hydrogen-bond donors (Lipinski definition) is 2. The maximum Gasteiger partial charge on any atom is 0.191 e. The van der Waals surface area contributed by atoms with E-state index in [1.807, 2.05) is 27.0 Å². The number of aryl methyl sites for hydroxylation is 1. The van der Waals surface area contributed by atoms with Crippen molar-refractivity contribution >= 4 is 22.6 Å². The second-order valence-corrected chi connectivity index (χ2v) is 10.3. The van der Waals surface area contributed by atoms with E-state index in [0.717, 1.165) is 44.3 Å². The molecule has 27 heavy (non-hydrogen) atoms. The van der Waals surface area contributed by atoms with Gasteiger partial charge in [0, 0.05) is 53.2 Å². The molecule has 1 unspecified atom stereocenters. The lowest BCUT2D eigenvalue weighted by molar-refractivity contribution is 0.459. The van der Waals surface area contributed by atoms with E-state index in [0.29, 0.717) is 18.3 Å². The third kappa shape index (κ3) is 7.13. The number of piperidine rings is 1. The Bertz CT molecular complexity index is 631. The first-order valence-electron chi connectivity index (χ1n) is 9.90. The van der Waals surface area contributed by atoms with Crippen LogP contribution in [0.15, 0.2) is 23.3 Å². The van der Waals surface area contributed by atoms with Gasteiger partial charge < -0.3 is 15.5 Å². The lowest BCUT2D eigenvalue weighted by Gasteiger charge is -2.33. The highest BCUT2D eigenvalue weighted by Crippen LogP contribution is 2.18. The van der Waals surface area contributed by atoms with Crippen molar-refractivity contribution in [1.29, 1.82) is 0 Å². The molecule has 152 valence electrons. The topological polar surface area (TPSA) is 69.6 Å². The van der Waals surface area contributed by atoms with Crippen LogP contribution in [0, 0.1) is 6.92 Å². The Hall–Kier alpha value is -1.63. The van der Waals surface area contributed by atoms with Crippen LogP contribution < -0.4 is 15.5 Å². The highest BCUT2D eigenvalue weighted by Gasteiger charge is 2.21. The van der Waals surface area contributed by atoms with Crippen LogP contribution in [0.25, 0.3) is 0 Å². The van der Waals surface area contributed by atoms with Gasteiger partial charge in [-0.2, -0.15) is 0 Å². The third-order valence-electron chi connectivity index (χ3n) is 4.63. The van der Waals surface area contributed by atoms with Gasteiger partial charge in [-0.25, -0.2) is 4.98 Å². The molecule has 1 saturated heterocycles. The lowest BCUT2D eigenvalue weighted by atomic mass is 10.1. The quantitative estimate of drug-likeness (QED) is 0.574. The Kier molecular flexibility index (Phi) is 8.07. The summed E-state index contributed by atoms with van der Waals surface area (Å²) >= 11 is 0. The van der Waals surface area contributed by atoms with Crippen molar-refractivity contribution in [1.82, 2.24) is 15.6 Å². The smallest absolute Gasteiger partial charge is 0.191 e. The van der Waals surface area contributed by atoms with Gasteiger partial charge in [-0.05, 0) is 59.1 Å². The van der Waals surface area contributed by atoms with Crippen LogP contribution in [-0.4, -0.2) is 57.9 Å². The highest BCUT2D eigenvalue weighted by atomic mass is 32.2. The molecule has 0 saturated carbocycles. The number of aromatic nitrogens is 1. The molecular weight excluding hydrogens is 358 g/mol. The molecule has 1 fully saturated rings. The molecular formula is C20H35N5OS. The molecule has 1 aromatic heterocycles. The lowest BCUT2D eigenvalue weighted by Crippen LogP contribution is -2.49. The molecule has 0 aromatic carbocycles. The van der Waals surface area contributed by atoms with Crippen LogP contribution >= 0.6 is 0 Å². The van der Waals surface area contributed by atoms with E-state index in [-0.39, 0.29) is 4.75 Å². The van der Waals surface area contributed by atoms with Crippen molar-refractivity contribution in [3.63, 3.8) is 0 Å². The van der Waals surface area contributed by atoms with Crippen LogP contribution in [0.3, 0.4) is 0 Å². The number of nitrogens with zero attached hydrogens (tertiary/aromatic N) is 3. The molecule has 2 N–H and O–H groups in total. The van der Waals surface area contributed by atoms with Crippen molar-refractivity contribution < 1.29 is 4.21 Å². The second kappa shape index (κ2) is 10.1. The molecule has 0 spiro atoms. The van der Waals surface area contributed by atoms with Crippen LogP contribution in [-0.2, 0) is 10.8 Å². The summed E-state index contributed by atoms with van der Waals surface area (Å²) in [6.45, 7) is 13.5. The number of rotatable bonds is 6. The Labute approximate surface area is 166 Å². The van der Waals surface area contributed by atoms with Gasteiger partial charge in [-0.1, -0.05) is 6.07 Å². The minimum atomic E-state index is -0.868. The molecule has 1 aliphatic heterocycles. The molecule has 1 atom stereocenters. The van der Waals surface area contributed by atoms with Gasteiger partial charge in [-0.3, -0.25) is 9.20 Å². The maximum absolute atomic E-state index is 12.2. The zero-order valence-corrected chi connectivity index (χ0v) is 18.2. The van der Waals surface area contributed by atoms with Gasteiger partial charge in [-0.15, -0.1) is 0 Å². The molecule has 0 amide bonds. The number of anilines is 1. The summed E-state index contributed by atoms with van der Waals surface area (Å²) in [5.74, 6) is 2.48. The number of pyridine rings is 1. The number of hydrogen-bond acceptors (Lipinski definition) is 4. The Morgan fingerprint density at radius 3 is 2.59 bits per heavy atom. The molecule has 7 heteroatoms. The van der Waals surface area contributed by atoms with E-state index in [4.69, 9.17) is 0 Å². The Balaban J connectivity index is 1.83. The molecule has 0 radical (unpaired) electrons. The average molecular weight is 394 g/mol. The summed E-state index contributed by atoms with van der Waals surface area (Å²) < 4.78 is 12.0. The summed E-state index contributed by atoms with van der Waals surface area (Å²) in [6.07, 6.45) is 4.03. The van der Waals surface area contributed by atoms with E-state index in [1.54, 1.807) is 0 Å². The summed E-state index contributed by atoms with van der Waals surface area (Å²) in [6, 6.07) is 4.62. The minimum absolute atomic E-state index is 0.182. The standard InChI is InChI=1S/C20H35N5OS/c1-6-21-19(22-11-14-27(26)20(3,4)5)24-17-9-12-25(13-10-17)18-8-7-16(2)15-23-18/h7-8,15,17H,6,9-14H2,1-5H3,(H2,21,22,24). The monoisotopic (exact) mass is 393 g/mol. The van der Waals surface area contributed by atoms with Crippen molar-refractivity contribution in [2.45, 2.75) is 58.2 Å². The van der Waals surface area contributed by atoms with Crippen molar-refractivity contribution in [3.05, 3.63) is 23.9 Å². The molecule has 0 bridgehead atoms. The van der Waals surface area contributed by atoms with Gasteiger partial charge >= 0.3 is 0 Å². The largest absolute Gasteiger partial charge is 0.357 e. The van der Waals surface area contributed by atoms with Crippen LogP contribution in [0.5, 0.6) is 0 Å². The molecule has 1 aromatic rings. The molecule has 2 heterocycles. The average Bonchev–Trinajstić information content (AvgIpc) is 2.62. The Morgan fingerprint density at radius 1 is 1.33 bits per heavy atom. The number of guanidine groups is 1. The van der Waals surface area contributed by atoms with Crippen LogP contribution in [0.1, 0.15) is 46.1 Å². The van der Waals surface area contributed by atoms with Gasteiger partial charge in [0.25, 0.3) is 0 Å². The van der Waals surface area contributed by atoms with Crippen molar-refractivity contribution in [3.8, 4) is 0 Å². The van der Waals surface area contributed by atoms with Gasteiger partial charge in [0.1, 0.15) is 5.82 Å². The Morgan fingerprint density at radius 2 is 2.04 bits per heavy atom. The number of nitrogens with one attached hydrogen (secondary N) is 2. The van der Waals surface area contributed by atoms with Crippen LogP contribution in [0.4, 0.5) is 5.82 Å². The van der Waals surface area contributed by atoms with Crippen molar-refractivity contribution in [2.75, 3.05) is 36.8 Å². The van der Waals surface area contributed by atoms with E-state index in [1.165, 1.54) is 5.56 Å². The van der Waals surface area contributed by atoms with E-state index >= 15 is 0 Å². The third-order valence-corrected chi connectivity index (χ3v) is 6.55. The zero-order valence-electron chi connectivity index (χ0n) is 17.4. The van der Waals surface area contributed by atoms with E-state index in [2.05, 4.69) is 51.5 Å². The highest BCUT2D eigenvalue weighted by molar-refractivity contribution is 7.86. The molecule has 2 rings (SSSR count). The first kappa shape index (κ1) is 21.7. The number of aliphatic imine (C=N–C) groups is 1. The molecule has 6 nitrogen and oxygen atoms in total. The summed E-state index contributed by atoms with van der Waals surface area (Å²) in [5.41, 5.74) is 1.19. The minimum Gasteiger partial charge on any atom is -0.357 e. The van der Waals surface area contributed by atoms with Gasteiger partial charge in [0.15, 0.2) is 5.96 Å². The molecule has 0 aliphatic carbocycles. The fourth-order valence-corrected chi connectivity index (χ4v) is 3.83. The normalized spacial score (nSPS) is 17.7. The van der Waals surface area contributed by atoms with Gasteiger partial charge in [0.05, 0.1) is 6.54 Å². The summed E-state index contributed by atoms with van der Waals surface area (Å²) in [5, 5.41) is 6.85. The fourth-order valence-electron chi connectivity index (χ4n) is 2.96. The van der Waals surface area contributed by atoms with E-state index in [9.17, 15) is 4.21 Å². The maximum atomic E-state index is 12.2. The van der Waals surface area contributed by atoms with E-state index < -0.39 is 10.8 Å². The fraction of sp³-hybridized carbons (Fsp3) is 0.700. The van der Waals surface area contributed by atoms with Crippen molar-refractivity contribution in [2.24, 2.45) is 4.99 Å². The SMILES string of the molecule is CCNC(=NCCS(=O)C(C)(C)C)NC1CCN(c2ccc(C)cn2)CC1. The predicted molar refractivity (Wildman–Crippen MR) is 116 cm³/mol. The first-order valence-corrected chi connectivity index (χ1v) is 11.2. The summed E-state index contributed by atoms with van der Waals surface area (Å²) in [4.78, 5) is 11.5. The first-order chi connectivity index (χ1) is 12.8. The van der Waals surface area contributed by atoms with Gasteiger partial charge in [0.2, 0.25) is 0 Å². The predicted octanol–water partition coefficient (Wildman–Crippen LogP) is 2.46.